The third-order valence-corrected chi connectivity index (χ3v) is 2.11. The molecule has 6 heteroatoms. The number of pyridine rings is 1. The fourth-order valence-corrected chi connectivity index (χ4v) is 1.45. The lowest BCUT2D eigenvalue weighted by molar-refractivity contribution is 0.490. The summed E-state index contributed by atoms with van der Waals surface area (Å²) in [5, 5.41) is 8.75. The first-order valence-electron chi connectivity index (χ1n) is 4.25. The molecule has 0 amide bonds. The summed E-state index contributed by atoms with van der Waals surface area (Å²) in [6.45, 7) is 1.89. The van der Waals surface area contributed by atoms with Gasteiger partial charge in [-0.15, -0.1) is 0 Å². The Bertz CT molecular complexity index is 503. The van der Waals surface area contributed by atoms with Crippen molar-refractivity contribution in [1.29, 1.82) is 5.26 Å². The van der Waals surface area contributed by atoms with Crippen LogP contribution in [0.4, 0.5) is 0 Å². The van der Waals surface area contributed by atoms with Crippen molar-refractivity contribution < 1.29 is 12.6 Å². The second-order valence-corrected chi connectivity index (χ2v) is 4.48. The van der Waals surface area contributed by atoms with Gasteiger partial charge in [-0.05, 0) is 18.6 Å². The lowest BCUT2D eigenvalue weighted by atomic mass is 10.2. The zero-order valence-electron chi connectivity index (χ0n) is 8.39. The molecule has 0 unspecified atom stereocenters. The van der Waals surface area contributed by atoms with Crippen LogP contribution in [0.5, 0.6) is 5.75 Å². The minimum Gasteiger partial charge on any atom is -0.379 e. The highest BCUT2D eigenvalue weighted by molar-refractivity contribution is 7.86. The Morgan fingerprint density at radius 1 is 1.53 bits per heavy atom. The van der Waals surface area contributed by atoms with Crippen LogP contribution in [-0.4, -0.2) is 19.7 Å². The molecule has 80 valence electrons. The molecule has 0 aliphatic rings. The van der Waals surface area contributed by atoms with Crippen LogP contribution in [0.2, 0.25) is 0 Å². The Morgan fingerprint density at radius 3 is 2.67 bits per heavy atom. The highest BCUT2D eigenvalue weighted by Gasteiger charge is 2.11. The number of nitriles is 1. The number of hydrogen-bond donors (Lipinski definition) is 0. The third kappa shape index (κ3) is 3.22. The average molecular weight is 226 g/mol. The van der Waals surface area contributed by atoms with Crippen molar-refractivity contribution in [1.82, 2.24) is 4.98 Å². The Balaban J connectivity index is 3.15. The Kier molecular flexibility index (Phi) is 3.27. The largest absolute Gasteiger partial charge is 0.379 e. The Labute approximate surface area is 88.5 Å². The van der Waals surface area contributed by atoms with Gasteiger partial charge in [0.15, 0.2) is 11.4 Å². The van der Waals surface area contributed by atoms with Crippen LogP contribution in [0.1, 0.15) is 18.3 Å². The SMILES string of the molecule is CCc1ccc(OS(C)(=O)=O)c(C#N)n1. The summed E-state index contributed by atoms with van der Waals surface area (Å²) < 4.78 is 26.3. The fraction of sp³-hybridized carbons (Fsp3) is 0.333. The summed E-state index contributed by atoms with van der Waals surface area (Å²) in [5.41, 5.74) is 0.701. The van der Waals surface area contributed by atoms with Gasteiger partial charge in [0, 0.05) is 5.69 Å². The van der Waals surface area contributed by atoms with Gasteiger partial charge in [-0.1, -0.05) is 6.92 Å². The van der Waals surface area contributed by atoms with Crippen LogP contribution in [0.25, 0.3) is 0 Å². The van der Waals surface area contributed by atoms with E-state index in [-0.39, 0.29) is 11.4 Å². The van der Waals surface area contributed by atoms with Gasteiger partial charge in [0.2, 0.25) is 0 Å². The molecule has 0 aliphatic heterocycles. The van der Waals surface area contributed by atoms with E-state index in [2.05, 4.69) is 9.17 Å². The average Bonchev–Trinajstić information content (AvgIpc) is 2.16. The zero-order valence-corrected chi connectivity index (χ0v) is 9.21. The number of nitrogens with zero attached hydrogens (tertiary/aromatic N) is 2. The number of aryl methyl sites for hydroxylation is 1. The molecule has 15 heavy (non-hydrogen) atoms. The lowest BCUT2D eigenvalue weighted by Gasteiger charge is -2.04. The second kappa shape index (κ2) is 4.28. The van der Waals surface area contributed by atoms with Crippen molar-refractivity contribution in [2.75, 3.05) is 6.26 Å². The summed E-state index contributed by atoms with van der Waals surface area (Å²) in [7, 11) is -3.62. The van der Waals surface area contributed by atoms with Gasteiger partial charge in [-0.25, -0.2) is 4.98 Å². The highest BCUT2D eigenvalue weighted by Crippen LogP contribution is 2.17. The predicted octanol–water partition coefficient (Wildman–Crippen LogP) is 0.854. The first kappa shape index (κ1) is 11.5. The van der Waals surface area contributed by atoms with Gasteiger partial charge >= 0.3 is 10.1 Å². The normalized spacial score (nSPS) is 10.7. The fourth-order valence-electron chi connectivity index (χ4n) is 0.994. The summed E-state index contributed by atoms with van der Waals surface area (Å²) in [6, 6.07) is 4.85. The van der Waals surface area contributed by atoms with E-state index in [1.54, 1.807) is 12.1 Å². The van der Waals surface area contributed by atoms with E-state index in [1.165, 1.54) is 6.07 Å². The van der Waals surface area contributed by atoms with Crippen LogP contribution in [0.3, 0.4) is 0 Å². The molecule has 0 atom stereocenters. The van der Waals surface area contributed by atoms with Crippen molar-refractivity contribution in [3.8, 4) is 11.8 Å². The zero-order chi connectivity index (χ0) is 11.5. The Hall–Kier alpha value is -1.61. The maximum absolute atomic E-state index is 10.9. The van der Waals surface area contributed by atoms with Gasteiger partial charge < -0.3 is 4.18 Å². The molecule has 0 N–H and O–H groups in total. The van der Waals surface area contributed by atoms with E-state index in [0.717, 1.165) is 6.26 Å². The van der Waals surface area contributed by atoms with Gasteiger partial charge in [-0.2, -0.15) is 13.7 Å². The third-order valence-electron chi connectivity index (χ3n) is 1.63. The van der Waals surface area contributed by atoms with E-state index in [0.29, 0.717) is 12.1 Å². The van der Waals surface area contributed by atoms with Crippen molar-refractivity contribution in [2.45, 2.75) is 13.3 Å². The van der Waals surface area contributed by atoms with Crippen molar-refractivity contribution in [2.24, 2.45) is 0 Å². The molecular weight excluding hydrogens is 216 g/mol. The molecule has 0 aliphatic carbocycles. The smallest absolute Gasteiger partial charge is 0.306 e. The van der Waals surface area contributed by atoms with Crippen LogP contribution in [0, 0.1) is 11.3 Å². The molecule has 0 saturated carbocycles. The molecule has 1 rings (SSSR count). The monoisotopic (exact) mass is 226 g/mol. The summed E-state index contributed by atoms with van der Waals surface area (Å²) in [5.74, 6) is -0.0304. The number of hydrogen-bond acceptors (Lipinski definition) is 5. The van der Waals surface area contributed by atoms with Gasteiger partial charge in [-0.3, -0.25) is 0 Å². The van der Waals surface area contributed by atoms with Gasteiger partial charge in [0.05, 0.1) is 6.26 Å². The molecule has 1 aromatic rings. The molecular formula is C9H10N2O3S. The topological polar surface area (TPSA) is 80.0 Å². The number of rotatable bonds is 3. The van der Waals surface area contributed by atoms with Crippen molar-refractivity contribution in [3.63, 3.8) is 0 Å². The quantitative estimate of drug-likeness (QED) is 0.714. The van der Waals surface area contributed by atoms with E-state index in [9.17, 15) is 8.42 Å². The number of aromatic nitrogens is 1. The molecule has 0 fully saturated rings. The molecule has 1 aromatic heterocycles. The maximum atomic E-state index is 10.9. The molecule has 0 radical (unpaired) electrons. The van der Waals surface area contributed by atoms with Gasteiger partial charge in [0.1, 0.15) is 6.07 Å². The summed E-state index contributed by atoms with van der Waals surface area (Å²) in [4.78, 5) is 3.94. The van der Waals surface area contributed by atoms with Crippen LogP contribution >= 0.6 is 0 Å². The van der Waals surface area contributed by atoms with Crippen LogP contribution < -0.4 is 4.18 Å². The van der Waals surface area contributed by atoms with Crippen LogP contribution in [-0.2, 0) is 16.5 Å². The van der Waals surface area contributed by atoms with E-state index in [4.69, 9.17) is 5.26 Å². The molecule has 0 spiro atoms. The molecule has 0 aromatic carbocycles. The standard InChI is InChI=1S/C9H10N2O3S/c1-3-7-4-5-9(8(6-10)11-7)14-15(2,12)13/h4-5H,3H2,1-2H3. The Morgan fingerprint density at radius 2 is 2.20 bits per heavy atom. The highest BCUT2D eigenvalue weighted by atomic mass is 32.2. The summed E-state index contributed by atoms with van der Waals surface area (Å²) in [6.07, 6.45) is 1.59. The molecule has 0 saturated heterocycles. The lowest BCUT2D eigenvalue weighted by Crippen LogP contribution is -2.08. The molecule has 0 bridgehead atoms. The maximum Gasteiger partial charge on any atom is 0.306 e. The first-order chi connectivity index (χ1) is 6.96. The van der Waals surface area contributed by atoms with E-state index in [1.807, 2.05) is 6.92 Å². The summed E-state index contributed by atoms with van der Waals surface area (Å²) >= 11 is 0. The molecule has 5 nitrogen and oxygen atoms in total. The van der Waals surface area contributed by atoms with E-state index < -0.39 is 10.1 Å². The second-order valence-electron chi connectivity index (χ2n) is 2.90. The molecule has 1 heterocycles. The van der Waals surface area contributed by atoms with E-state index >= 15 is 0 Å². The minimum absolute atomic E-state index is 0.0141. The van der Waals surface area contributed by atoms with Crippen LogP contribution in [0.15, 0.2) is 12.1 Å². The minimum atomic E-state index is -3.62. The predicted molar refractivity (Wildman–Crippen MR) is 53.8 cm³/mol. The van der Waals surface area contributed by atoms with Crippen molar-refractivity contribution >= 4 is 10.1 Å². The first-order valence-corrected chi connectivity index (χ1v) is 6.07. The van der Waals surface area contributed by atoms with Gasteiger partial charge in [0.25, 0.3) is 0 Å². The van der Waals surface area contributed by atoms with Crippen molar-refractivity contribution in [3.05, 3.63) is 23.5 Å².